The standard InChI is InChI=1S/C62H109O11P/c1-4-7-10-13-16-19-22-25-27-29-31-34-37-40-43-46-49-52-61(65)72-58(54-63)56-70-74(67,68)71-57-59(55-69-60(64)51-48-45-42-39-36-33-24-21-18-15-12-9-6-3)73-62(66)53-50-47-44-41-38-35-32-30-28-26-23-20-17-14-11-8-5-2/h9,12,18,21,25-28,33,36,42,45,58-59,63H,4-8,10-11,13-17,19-20,22-24,29-32,34-35,37-41,43-44,46-57H2,1-3H3,(H,67,68)/b12-9-,21-18-,27-25-,28-26-,36-33-,45-42-. The van der Waals surface area contributed by atoms with Gasteiger partial charge in [-0.05, 0) is 96.3 Å². The van der Waals surface area contributed by atoms with Crippen LogP contribution in [0, 0.1) is 0 Å². The summed E-state index contributed by atoms with van der Waals surface area (Å²) in [5.74, 6) is -1.57. The predicted molar refractivity (Wildman–Crippen MR) is 307 cm³/mol. The van der Waals surface area contributed by atoms with Gasteiger partial charge in [-0.1, -0.05) is 222 Å². The number of hydrogen-bond donors (Lipinski definition) is 2. The molecule has 0 aromatic heterocycles. The lowest BCUT2D eigenvalue weighted by Gasteiger charge is -2.21. The van der Waals surface area contributed by atoms with Crippen molar-refractivity contribution in [1.29, 1.82) is 0 Å². The second-order valence-corrected chi connectivity index (χ2v) is 21.2. The summed E-state index contributed by atoms with van der Waals surface area (Å²) in [7, 11) is -4.77. The van der Waals surface area contributed by atoms with Crippen molar-refractivity contribution in [2.45, 2.75) is 277 Å². The van der Waals surface area contributed by atoms with Gasteiger partial charge in [0, 0.05) is 19.3 Å². The molecule has 428 valence electrons. The topological polar surface area (TPSA) is 155 Å². The lowest BCUT2D eigenvalue weighted by molar-refractivity contribution is -0.161. The first kappa shape index (κ1) is 70.9. The molecule has 3 atom stereocenters. The number of allylic oxidation sites excluding steroid dienone is 12. The Hall–Kier alpha value is -3.08. The third-order valence-electron chi connectivity index (χ3n) is 12.6. The fraction of sp³-hybridized carbons (Fsp3) is 0.758. The van der Waals surface area contributed by atoms with Crippen molar-refractivity contribution >= 4 is 25.7 Å². The largest absolute Gasteiger partial charge is 0.472 e. The van der Waals surface area contributed by atoms with Crippen molar-refractivity contribution < 1.29 is 52.2 Å². The lowest BCUT2D eigenvalue weighted by atomic mass is 10.1. The summed E-state index contributed by atoms with van der Waals surface area (Å²) < 4.78 is 39.5. The molecule has 11 nitrogen and oxygen atoms in total. The molecule has 0 radical (unpaired) electrons. The molecule has 0 aliphatic carbocycles. The Morgan fingerprint density at radius 2 is 0.730 bits per heavy atom. The number of ether oxygens (including phenoxy) is 3. The summed E-state index contributed by atoms with van der Waals surface area (Å²) >= 11 is 0. The van der Waals surface area contributed by atoms with Gasteiger partial charge in [-0.25, -0.2) is 4.57 Å². The molecule has 0 aliphatic rings. The monoisotopic (exact) mass is 1060 g/mol. The van der Waals surface area contributed by atoms with E-state index in [-0.39, 0.29) is 25.9 Å². The molecule has 0 aliphatic heterocycles. The van der Waals surface area contributed by atoms with Gasteiger partial charge in [-0.15, -0.1) is 0 Å². The van der Waals surface area contributed by atoms with Gasteiger partial charge >= 0.3 is 25.7 Å². The van der Waals surface area contributed by atoms with E-state index in [1.807, 2.05) is 12.2 Å². The van der Waals surface area contributed by atoms with Gasteiger partial charge in [0.15, 0.2) is 6.10 Å². The van der Waals surface area contributed by atoms with Gasteiger partial charge in [0.05, 0.1) is 19.8 Å². The lowest BCUT2D eigenvalue weighted by Crippen LogP contribution is -2.30. The number of phosphoric acid groups is 1. The number of phosphoric ester groups is 1. The number of aliphatic hydroxyl groups excluding tert-OH is 1. The van der Waals surface area contributed by atoms with Crippen LogP contribution in [0.3, 0.4) is 0 Å². The molecule has 3 unspecified atom stereocenters. The van der Waals surface area contributed by atoms with E-state index in [0.29, 0.717) is 19.3 Å². The first-order valence-corrected chi connectivity index (χ1v) is 31.3. The highest BCUT2D eigenvalue weighted by molar-refractivity contribution is 7.47. The zero-order valence-corrected chi connectivity index (χ0v) is 48.2. The minimum Gasteiger partial charge on any atom is -0.462 e. The third-order valence-corrected chi connectivity index (χ3v) is 13.5. The van der Waals surface area contributed by atoms with Crippen molar-refractivity contribution in [3.05, 3.63) is 72.9 Å². The molecule has 0 fully saturated rings. The van der Waals surface area contributed by atoms with Crippen molar-refractivity contribution in [3.63, 3.8) is 0 Å². The Labute approximate surface area is 452 Å². The Kier molecular flexibility index (Phi) is 53.8. The van der Waals surface area contributed by atoms with E-state index in [1.165, 1.54) is 122 Å². The number of aliphatic hydroxyl groups is 1. The molecule has 0 saturated carbocycles. The summed E-state index contributed by atoms with van der Waals surface area (Å²) in [6.45, 7) is 4.45. The van der Waals surface area contributed by atoms with Crippen molar-refractivity contribution in [3.8, 4) is 0 Å². The highest BCUT2D eigenvalue weighted by atomic mass is 31.2. The van der Waals surface area contributed by atoms with E-state index in [4.69, 9.17) is 23.3 Å². The molecular formula is C62H109O11P. The molecule has 0 spiro atoms. The van der Waals surface area contributed by atoms with E-state index in [2.05, 4.69) is 81.5 Å². The van der Waals surface area contributed by atoms with Gasteiger partial charge in [-0.3, -0.25) is 23.4 Å². The zero-order valence-electron chi connectivity index (χ0n) is 47.3. The minimum absolute atomic E-state index is 0.103. The highest BCUT2D eigenvalue weighted by Crippen LogP contribution is 2.43. The van der Waals surface area contributed by atoms with Gasteiger partial charge < -0.3 is 24.2 Å². The molecule has 0 bridgehead atoms. The average Bonchev–Trinajstić information content (AvgIpc) is 3.39. The van der Waals surface area contributed by atoms with Crippen LogP contribution in [0.4, 0.5) is 0 Å². The van der Waals surface area contributed by atoms with Gasteiger partial charge in [0.1, 0.15) is 12.7 Å². The summed E-state index contributed by atoms with van der Waals surface area (Å²) in [6.07, 6.45) is 63.0. The van der Waals surface area contributed by atoms with Crippen LogP contribution in [0.5, 0.6) is 0 Å². The van der Waals surface area contributed by atoms with Crippen LogP contribution in [0.2, 0.25) is 0 Å². The fourth-order valence-corrected chi connectivity index (χ4v) is 8.85. The van der Waals surface area contributed by atoms with Crippen LogP contribution in [0.25, 0.3) is 0 Å². The van der Waals surface area contributed by atoms with E-state index in [1.54, 1.807) is 0 Å². The smallest absolute Gasteiger partial charge is 0.462 e. The molecule has 2 N–H and O–H groups in total. The molecule has 0 heterocycles. The van der Waals surface area contributed by atoms with Crippen molar-refractivity contribution in [1.82, 2.24) is 0 Å². The zero-order chi connectivity index (χ0) is 54.1. The number of unbranched alkanes of at least 4 members (excludes halogenated alkanes) is 26. The van der Waals surface area contributed by atoms with Crippen molar-refractivity contribution in [2.75, 3.05) is 26.4 Å². The first-order chi connectivity index (χ1) is 36.2. The molecule has 0 rings (SSSR count). The Morgan fingerprint density at radius 1 is 0.392 bits per heavy atom. The molecule has 0 saturated heterocycles. The minimum atomic E-state index is -4.77. The van der Waals surface area contributed by atoms with Crippen molar-refractivity contribution in [2.24, 2.45) is 0 Å². The number of hydrogen-bond acceptors (Lipinski definition) is 10. The maximum absolute atomic E-state index is 12.9. The van der Waals surface area contributed by atoms with Crippen LogP contribution in [0.1, 0.15) is 265 Å². The maximum Gasteiger partial charge on any atom is 0.472 e. The van der Waals surface area contributed by atoms with Gasteiger partial charge in [0.25, 0.3) is 0 Å². The number of esters is 3. The second kappa shape index (κ2) is 56.1. The number of rotatable bonds is 55. The van der Waals surface area contributed by atoms with Crippen LogP contribution in [-0.2, 0) is 42.2 Å². The summed E-state index contributed by atoms with van der Waals surface area (Å²) in [5, 5.41) is 9.83. The normalized spacial score (nSPS) is 13.9. The molecule has 74 heavy (non-hydrogen) atoms. The van der Waals surface area contributed by atoms with E-state index in [9.17, 15) is 28.9 Å². The molecule has 0 aromatic rings. The Bertz CT molecular complexity index is 1520. The molecule has 0 amide bonds. The van der Waals surface area contributed by atoms with Gasteiger partial charge in [-0.2, -0.15) is 0 Å². The van der Waals surface area contributed by atoms with E-state index >= 15 is 0 Å². The molecule has 12 heteroatoms. The number of carbonyl (C=O) groups excluding carboxylic acids is 3. The second-order valence-electron chi connectivity index (χ2n) is 19.8. The number of carbonyl (C=O) groups is 3. The van der Waals surface area contributed by atoms with Gasteiger partial charge in [0.2, 0.25) is 0 Å². The SMILES string of the molecule is CC/C=C\C/C=C\C/C=C\C/C=C\CCC(=O)OCC(COP(=O)(O)OCC(CO)OC(=O)CCCCCCCCC/C=C\CCCCCCCC)OC(=O)CCCCCCCCC/C=C\CCCCCCCC. The molecule has 0 aromatic carbocycles. The molecular weight excluding hydrogens is 952 g/mol. The average molecular weight is 1060 g/mol. The third kappa shape index (κ3) is 53.7. The van der Waals surface area contributed by atoms with E-state index in [0.717, 1.165) is 83.5 Å². The Morgan fingerprint density at radius 3 is 1.14 bits per heavy atom. The first-order valence-electron chi connectivity index (χ1n) is 29.8. The van der Waals surface area contributed by atoms with Crippen LogP contribution in [-0.4, -0.2) is 66.5 Å². The van der Waals surface area contributed by atoms with Crippen LogP contribution >= 0.6 is 7.82 Å². The highest BCUT2D eigenvalue weighted by Gasteiger charge is 2.28. The summed E-state index contributed by atoms with van der Waals surface area (Å²) in [5.41, 5.74) is 0. The van der Waals surface area contributed by atoms with E-state index < -0.39 is 57.8 Å². The summed E-state index contributed by atoms with van der Waals surface area (Å²) in [6, 6.07) is 0. The Balaban J connectivity index is 4.74. The summed E-state index contributed by atoms with van der Waals surface area (Å²) in [4.78, 5) is 48.5. The van der Waals surface area contributed by atoms with Crippen LogP contribution < -0.4 is 0 Å². The predicted octanol–water partition coefficient (Wildman–Crippen LogP) is 17.7. The van der Waals surface area contributed by atoms with Crippen LogP contribution in [0.15, 0.2) is 72.9 Å². The maximum atomic E-state index is 12.9. The fourth-order valence-electron chi connectivity index (χ4n) is 8.07. The quantitative estimate of drug-likeness (QED) is 0.0197.